The van der Waals surface area contributed by atoms with Gasteiger partial charge in [0.15, 0.2) is 18.0 Å². The van der Waals surface area contributed by atoms with Gasteiger partial charge in [0.25, 0.3) is 0 Å². The average molecular weight is 477 g/mol. The first-order chi connectivity index (χ1) is 15.3. The first-order valence-electron chi connectivity index (χ1n) is 10.0. The highest BCUT2D eigenvalue weighted by Gasteiger charge is 2.20. The maximum absolute atomic E-state index is 13.7. The zero-order valence-electron chi connectivity index (χ0n) is 18.7. The standard InChI is InChI=1S/C20H19FN4O3S2.C2H6/c1-20(2,3)28-19(26)24-17-6-5-11-13(9-25(30-21)18(11)23-17)12-7-16-14(22-10-29-16)8-15(12)27-4;1-2/h5-10H,1-4H3,(H,23,24,26);1-2H3. The second kappa shape index (κ2) is 9.74. The molecule has 1 aromatic carbocycles. The number of nitrogens with zero attached hydrogens (tertiary/aromatic N) is 3. The van der Waals surface area contributed by atoms with E-state index < -0.39 is 11.7 Å². The number of methoxy groups -OCH3 is 1. The molecule has 0 radical (unpaired) electrons. The molecule has 10 heteroatoms. The summed E-state index contributed by atoms with van der Waals surface area (Å²) in [5, 5.41) is 3.31. The third-order valence-electron chi connectivity index (χ3n) is 4.27. The van der Waals surface area contributed by atoms with Crippen molar-refractivity contribution in [1.29, 1.82) is 0 Å². The minimum atomic E-state index is -0.637. The summed E-state index contributed by atoms with van der Waals surface area (Å²) in [7, 11) is 1.58. The summed E-state index contributed by atoms with van der Waals surface area (Å²) < 4.78 is 26.8. The summed E-state index contributed by atoms with van der Waals surface area (Å²) in [6.45, 7) is 9.31. The quantitative estimate of drug-likeness (QED) is 0.339. The number of thiazole rings is 1. The fourth-order valence-corrected chi connectivity index (χ4v) is 4.13. The molecule has 0 unspecified atom stereocenters. The topological polar surface area (TPSA) is 78.3 Å². The molecule has 32 heavy (non-hydrogen) atoms. The minimum Gasteiger partial charge on any atom is -0.496 e. The summed E-state index contributed by atoms with van der Waals surface area (Å²) in [6.07, 6.45) is 1.03. The van der Waals surface area contributed by atoms with Gasteiger partial charge in [0.2, 0.25) is 0 Å². The Balaban J connectivity index is 0.00000141. The highest BCUT2D eigenvalue weighted by Crippen LogP contribution is 2.40. The van der Waals surface area contributed by atoms with Crippen molar-refractivity contribution in [3.63, 3.8) is 0 Å². The van der Waals surface area contributed by atoms with Crippen LogP contribution in [0, 0.1) is 0 Å². The number of hydrogen-bond acceptors (Lipinski definition) is 7. The van der Waals surface area contributed by atoms with Gasteiger partial charge in [0, 0.05) is 28.8 Å². The van der Waals surface area contributed by atoms with E-state index >= 15 is 0 Å². The lowest BCUT2D eigenvalue weighted by atomic mass is 10.0. The van der Waals surface area contributed by atoms with Crippen molar-refractivity contribution in [2.45, 2.75) is 40.2 Å². The molecule has 0 aliphatic rings. The van der Waals surface area contributed by atoms with Crippen LogP contribution in [0.15, 0.2) is 36.0 Å². The van der Waals surface area contributed by atoms with Crippen molar-refractivity contribution >= 4 is 56.8 Å². The molecule has 1 amide bonds. The Morgan fingerprint density at radius 2 is 1.97 bits per heavy atom. The number of benzene rings is 1. The predicted molar refractivity (Wildman–Crippen MR) is 130 cm³/mol. The molecule has 0 saturated carbocycles. The van der Waals surface area contributed by atoms with Crippen LogP contribution >= 0.6 is 23.7 Å². The maximum Gasteiger partial charge on any atom is 0.413 e. The molecule has 0 aliphatic heterocycles. The SMILES string of the molecule is CC.COc1cc2ncsc2cc1-c1cn(SF)c2nc(NC(=O)OC(C)(C)C)ccc12. The van der Waals surface area contributed by atoms with E-state index in [1.807, 2.05) is 26.0 Å². The molecule has 4 rings (SSSR count). The van der Waals surface area contributed by atoms with E-state index in [4.69, 9.17) is 9.47 Å². The molecule has 0 saturated heterocycles. The number of carbonyl (C=O) groups excluding carboxylic acids is 1. The van der Waals surface area contributed by atoms with Gasteiger partial charge in [0.1, 0.15) is 17.2 Å². The maximum atomic E-state index is 13.7. The number of halogens is 1. The van der Waals surface area contributed by atoms with E-state index in [0.717, 1.165) is 26.7 Å². The Hall–Kier alpha value is -2.85. The predicted octanol–water partition coefficient (Wildman–Crippen LogP) is 7.08. The smallest absolute Gasteiger partial charge is 0.413 e. The fraction of sp³-hybridized carbons (Fsp3) is 0.318. The Morgan fingerprint density at radius 1 is 1.22 bits per heavy atom. The van der Waals surface area contributed by atoms with Gasteiger partial charge in [-0.05, 0) is 39.0 Å². The van der Waals surface area contributed by atoms with E-state index in [2.05, 4.69) is 15.3 Å². The molecule has 0 spiro atoms. The highest BCUT2D eigenvalue weighted by molar-refractivity contribution is 7.92. The summed E-state index contributed by atoms with van der Waals surface area (Å²) in [4.78, 5) is 20.8. The van der Waals surface area contributed by atoms with Gasteiger partial charge in [0.05, 0.1) is 22.8 Å². The van der Waals surface area contributed by atoms with Gasteiger partial charge in [-0.15, -0.1) is 15.2 Å². The van der Waals surface area contributed by atoms with Crippen LogP contribution < -0.4 is 10.1 Å². The van der Waals surface area contributed by atoms with Gasteiger partial charge >= 0.3 is 6.09 Å². The molecular formula is C22H25FN4O3S2. The van der Waals surface area contributed by atoms with E-state index in [9.17, 15) is 8.68 Å². The Kier molecular flexibility index (Phi) is 7.25. The van der Waals surface area contributed by atoms with E-state index in [1.165, 1.54) is 15.3 Å². The van der Waals surface area contributed by atoms with Crippen molar-refractivity contribution in [3.05, 3.63) is 36.0 Å². The van der Waals surface area contributed by atoms with Gasteiger partial charge in [-0.3, -0.25) is 5.32 Å². The van der Waals surface area contributed by atoms with Gasteiger partial charge < -0.3 is 9.47 Å². The van der Waals surface area contributed by atoms with Crippen molar-refractivity contribution in [1.82, 2.24) is 13.9 Å². The third kappa shape index (κ3) is 4.97. The first-order valence-corrected chi connectivity index (χ1v) is 11.6. The summed E-state index contributed by atoms with van der Waals surface area (Å²) >= 11 is 1.55. The molecule has 0 fully saturated rings. The zero-order chi connectivity index (χ0) is 23.5. The number of anilines is 1. The van der Waals surface area contributed by atoms with Crippen LogP contribution in [0.25, 0.3) is 32.4 Å². The average Bonchev–Trinajstić information content (AvgIpc) is 3.36. The fourth-order valence-electron chi connectivity index (χ4n) is 3.08. The normalized spacial score (nSPS) is 11.2. The van der Waals surface area contributed by atoms with Crippen LogP contribution in [0.4, 0.5) is 14.5 Å². The second-order valence-electron chi connectivity index (χ2n) is 7.50. The number of hydrogen-bond donors (Lipinski definition) is 1. The number of ether oxygens (including phenoxy) is 2. The molecule has 3 heterocycles. The van der Waals surface area contributed by atoms with Gasteiger partial charge in [-0.25, -0.2) is 18.7 Å². The van der Waals surface area contributed by atoms with Crippen molar-refractivity contribution in [3.8, 4) is 16.9 Å². The molecule has 7 nitrogen and oxygen atoms in total. The van der Waals surface area contributed by atoms with Crippen LogP contribution in [0.5, 0.6) is 5.75 Å². The number of fused-ring (bicyclic) bond motifs is 2. The summed E-state index contributed by atoms with van der Waals surface area (Å²) in [5.41, 5.74) is 3.91. The summed E-state index contributed by atoms with van der Waals surface area (Å²) in [6, 6.07) is 7.27. The van der Waals surface area contributed by atoms with Crippen molar-refractivity contribution < 1.29 is 18.2 Å². The number of amides is 1. The minimum absolute atomic E-state index is 0.0298. The van der Waals surface area contributed by atoms with Gasteiger partial charge in [-0.2, -0.15) is 0 Å². The Morgan fingerprint density at radius 3 is 2.62 bits per heavy atom. The molecule has 0 bridgehead atoms. The molecule has 170 valence electrons. The van der Waals surface area contributed by atoms with E-state index in [-0.39, 0.29) is 18.2 Å². The molecular weight excluding hydrogens is 451 g/mol. The number of nitrogens with one attached hydrogen (secondary N) is 1. The molecule has 4 aromatic rings. The lowest BCUT2D eigenvalue weighted by molar-refractivity contribution is 0.0635. The molecule has 0 aliphatic carbocycles. The zero-order valence-corrected chi connectivity index (χ0v) is 20.4. The molecule has 3 aromatic heterocycles. The largest absolute Gasteiger partial charge is 0.496 e. The van der Waals surface area contributed by atoms with Crippen molar-refractivity contribution in [2.24, 2.45) is 0 Å². The first kappa shape index (κ1) is 23.8. The van der Waals surface area contributed by atoms with Crippen molar-refractivity contribution in [2.75, 3.05) is 12.4 Å². The highest BCUT2D eigenvalue weighted by atomic mass is 32.2. The van der Waals surface area contributed by atoms with Crippen LogP contribution in [0.2, 0.25) is 0 Å². The number of carbonyl (C=O) groups is 1. The van der Waals surface area contributed by atoms with Crippen LogP contribution in [0.1, 0.15) is 34.6 Å². The lowest BCUT2D eigenvalue weighted by Gasteiger charge is -2.19. The Labute approximate surface area is 194 Å². The monoisotopic (exact) mass is 476 g/mol. The summed E-state index contributed by atoms with van der Waals surface area (Å²) in [5.74, 6) is 0.897. The number of rotatable bonds is 4. The molecule has 0 atom stereocenters. The third-order valence-corrected chi connectivity index (χ3v) is 5.49. The number of pyridine rings is 1. The molecule has 1 N–H and O–H groups in total. The van der Waals surface area contributed by atoms with Crippen LogP contribution in [0.3, 0.4) is 0 Å². The lowest BCUT2D eigenvalue weighted by Crippen LogP contribution is -2.27. The van der Waals surface area contributed by atoms with E-state index in [0.29, 0.717) is 11.4 Å². The van der Waals surface area contributed by atoms with E-state index in [1.54, 1.807) is 51.7 Å². The van der Waals surface area contributed by atoms with Crippen LogP contribution in [-0.4, -0.2) is 32.7 Å². The van der Waals surface area contributed by atoms with Gasteiger partial charge in [-0.1, -0.05) is 13.8 Å². The Bertz CT molecular complexity index is 1250. The second-order valence-corrected chi connectivity index (χ2v) is 8.92. The van der Waals surface area contributed by atoms with Crippen LogP contribution in [-0.2, 0) is 4.74 Å². The number of aromatic nitrogens is 3.